The van der Waals surface area contributed by atoms with E-state index in [1.54, 1.807) is 11.1 Å². The minimum absolute atomic E-state index is 0.106. The van der Waals surface area contributed by atoms with Crippen LogP contribution in [0.3, 0.4) is 0 Å². The summed E-state index contributed by atoms with van der Waals surface area (Å²) in [5, 5.41) is 10.8. The standard InChI is InChI=1S/C40H50N10O6/c1-21(2)31(47-39(53)55-5)37(51)49-15-7-9-29(49)35-43-19-27(45-35)23-11-13-24(14-12-23)33-25-17-42-34(26(25)18-41-33)28-20-44-36(46-28)30-10-8-16-50(30)38(52)32(22(3)4)48-40(54)56-6/h11-14,17-19,21-22,28-32,42H,7-10,15-16,20H2,1-6H3,(H,44,46)(H,47,53)(H,48,54)/t28?,29?,30?,31-,32-/m0/s1. The van der Waals surface area contributed by atoms with Crippen LogP contribution in [0.2, 0.25) is 0 Å². The normalized spacial score (nSPS) is 22.3. The molecule has 3 unspecified atom stereocenters. The number of methoxy groups -OCH3 is 2. The minimum atomic E-state index is -0.709. The number of amides is 4. The van der Waals surface area contributed by atoms with Crippen molar-refractivity contribution in [2.24, 2.45) is 31.8 Å². The van der Waals surface area contributed by atoms with Crippen molar-refractivity contribution in [1.29, 1.82) is 0 Å². The summed E-state index contributed by atoms with van der Waals surface area (Å²) in [6.45, 7) is 9.27. The second-order valence-corrected chi connectivity index (χ2v) is 15.3. The number of benzene rings is 1. The predicted molar refractivity (Wildman–Crippen MR) is 212 cm³/mol. The van der Waals surface area contributed by atoms with Gasteiger partial charge >= 0.3 is 12.2 Å². The van der Waals surface area contributed by atoms with Crippen molar-refractivity contribution in [2.45, 2.75) is 83.6 Å². The Kier molecular flexibility index (Phi) is 11.1. The molecule has 0 aliphatic carbocycles. The summed E-state index contributed by atoms with van der Waals surface area (Å²) in [5.74, 6) is 0.835. The summed E-state index contributed by atoms with van der Waals surface area (Å²) >= 11 is 0. The number of hydrogen-bond acceptors (Lipinski definition) is 11. The van der Waals surface area contributed by atoms with E-state index in [0.717, 1.165) is 64.5 Å². The van der Waals surface area contributed by atoms with Gasteiger partial charge in [0.2, 0.25) is 11.8 Å². The van der Waals surface area contributed by atoms with Crippen LogP contribution in [0.1, 0.15) is 76.2 Å². The molecule has 0 saturated carbocycles. The summed E-state index contributed by atoms with van der Waals surface area (Å²) < 4.78 is 9.52. The van der Waals surface area contributed by atoms with Gasteiger partial charge in [-0.15, -0.1) is 0 Å². The SMILES string of the molecule is COC(=O)N[C@H](C(=O)N1CCCC1C1=NC(=c2ccc(=C3N=Cc4c3c[nH]c4C3CN=C(C4CCCN4C(=O)[C@@H](NC(=O)OC)C(C)C)N3)cc2)C=N1)C(C)C. The van der Waals surface area contributed by atoms with Crippen LogP contribution in [0, 0.1) is 11.8 Å². The molecule has 1 aromatic heterocycles. The van der Waals surface area contributed by atoms with Gasteiger partial charge in [0, 0.05) is 52.8 Å². The number of fused-ring (bicyclic) bond motifs is 1. The molecular weight excluding hydrogens is 717 g/mol. The Bertz CT molecular complexity index is 2130. The highest BCUT2D eigenvalue weighted by molar-refractivity contribution is 6.17. The molecule has 2 aromatic rings. The second-order valence-electron chi connectivity index (χ2n) is 15.3. The third-order valence-electron chi connectivity index (χ3n) is 11.1. The molecule has 0 bridgehead atoms. The Hall–Kier alpha value is -5.80. The van der Waals surface area contributed by atoms with Crippen LogP contribution in [-0.4, -0.2) is 121 Å². The van der Waals surface area contributed by atoms with Crippen molar-refractivity contribution in [3.05, 3.63) is 57.7 Å². The molecule has 1 aromatic carbocycles. The molecule has 2 saturated heterocycles. The third kappa shape index (κ3) is 7.43. The van der Waals surface area contributed by atoms with Crippen LogP contribution in [0.15, 0.2) is 50.4 Å². The Morgan fingerprint density at radius 1 is 0.804 bits per heavy atom. The lowest BCUT2D eigenvalue weighted by Crippen LogP contribution is -2.54. The topological polar surface area (TPSA) is 195 Å². The number of carbonyl (C=O) groups excluding carboxylic acids is 4. The molecule has 56 heavy (non-hydrogen) atoms. The molecule has 6 heterocycles. The number of nitrogens with one attached hydrogen (secondary N) is 4. The van der Waals surface area contributed by atoms with E-state index >= 15 is 0 Å². The van der Waals surface area contributed by atoms with E-state index in [1.807, 2.05) is 69.3 Å². The number of rotatable bonds is 9. The molecule has 5 atom stereocenters. The van der Waals surface area contributed by atoms with Crippen LogP contribution in [-0.2, 0) is 19.1 Å². The van der Waals surface area contributed by atoms with Gasteiger partial charge in [-0.25, -0.2) is 19.6 Å². The third-order valence-corrected chi connectivity index (χ3v) is 11.1. The van der Waals surface area contributed by atoms with E-state index in [4.69, 9.17) is 24.5 Å². The van der Waals surface area contributed by atoms with E-state index in [9.17, 15) is 19.2 Å². The maximum absolute atomic E-state index is 13.6. The zero-order valence-electron chi connectivity index (χ0n) is 32.7. The fraction of sp³-hybridized carbons (Fsp3) is 0.500. The number of likely N-dealkylation sites (tertiary alicyclic amines) is 2. The predicted octanol–water partition coefficient (Wildman–Crippen LogP) is 1.98. The number of amidine groups is 2. The Morgan fingerprint density at radius 3 is 2.00 bits per heavy atom. The van der Waals surface area contributed by atoms with E-state index in [0.29, 0.717) is 31.2 Å². The number of H-pyrrole nitrogens is 1. The number of hydrogen-bond donors (Lipinski definition) is 4. The van der Waals surface area contributed by atoms with Crippen LogP contribution in [0.4, 0.5) is 9.59 Å². The highest BCUT2D eigenvalue weighted by atomic mass is 16.5. The highest BCUT2D eigenvalue weighted by Crippen LogP contribution is 2.32. The molecule has 16 nitrogen and oxygen atoms in total. The molecule has 5 aliphatic rings. The number of aromatic nitrogens is 1. The van der Waals surface area contributed by atoms with Gasteiger partial charge in [-0.05, 0) is 37.5 Å². The van der Waals surface area contributed by atoms with Crippen molar-refractivity contribution in [3.8, 4) is 0 Å². The summed E-state index contributed by atoms with van der Waals surface area (Å²) in [7, 11) is 2.57. The maximum Gasteiger partial charge on any atom is 0.407 e. The second kappa shape index (κ2) is 16.1. The van der Waals surface area contributed by atoms with Gasteiger partial charge in [-0.3, -0.25) is 19.6 Å². The number of carbonyl (C=O) groups is 4. The average Bonchev–Trinajstić information content (AvgIpc) is 4.04. The van der Waals surface area contributed by atoms with Crippen LogP contribution >= 0.6 is 0 Å². The molecule has 296 valence electrons. The van der Waals surface area contributed by atoms with Crippen molar-refractivity contribution >= 4 is 59.5 Å². The van der Waals surface area contributed by atoms with Crippen LogP contribution < -0.4 is 26.4 Å². The Labute approximate surface area is 325 Å². The molecule has 7 rings (SSSR count). The average molecular weight is 767 g/mol. The van der Waals surface area contributed by atoms with Gasteiger partial charge in [-0.1, -0.05) is 52.0 Å². The lowest BCUT2D eigenvalue weighted by Gasteiger charge is -2.31. The van der Waals surface area contributed by atoms with Crippen molar-refractivity contribution < 1.29 is 28.7 Å². The highest BCUT2D eigenvalue weighted by Gasteiger charge is 2.41. The van der Waals surface area contributed by atoms with Gasteiger partial charge in [0.25, 0.3) is 0 Å². The number of aliphatic imine (C=N–C) groups is 4. The molecule has 5 aliphatic heterocycles. The molecule has 2 fully saturated rings. The first kappa shape index (κ1) is 38.5. The van der Waals surface area contributed by atoms with E-state index in [-0.39, 0.29) is 41.8 Å². The van der Waals surface area contributed by atoms with Crippen molar-refractivity contribution in [1.82, 2.24) is 30.7 Å². The van der Waals surface area contributed by atoms with Crippen molar-refractivity contribution in [3.63, 3.8) is 0 Å². The lowest BCUT2D eigenvalue weighted by atomic mass is 10.0. The van der Waals surface area contributed by atoms with E-state index in [2.05, 4.69) is 25.9 Å². The van der Waals surface area contributed by atoms with Gasteiger partial charge in [-0.2, -0.15) is 0 Å². The number of alkyl carbamates (subject to hydrolysis) is 2. The smallest absolute Gasteiger partial charge is 0.407 e. The number of aromatic amines is 1. The zero-order valence-corrected chi connectivity index (χ0v) is 32.7. The molecule has 16 heteroatoms. The zero-order chi connectivity index (χ0) is 39.7. The first-order valence-corrected chi connectivity index (χ1v) is 19.3. The van der Waals surface area contributed by atoms with Gasteiger partial charge in [0.1, 0.15) is 17.9 Å². The van der Waals surface area contributed by atoms with Crippen LogP contribution in [0.5, 0.6) is 0 Å². The monoisotopic (exact) mass is 766 g/mol. The van der Waals surface area contributed by atoms with Gasteiger partial charge in [0.15, 0.2) is 5.84 Å². The summed E-state index contributed by atoms with van der Waals surface area (Å²) in [4.78, 5) is 77.3. The maximum atomic E-state index is 13.6. The van der Waals surface area contributed by atoms with Gasteiger partial charge < -0.3 is 40.2 Å². The van der Waals surface area contributed by atoms with E-state index < -0.39 is 24.3 Å². The van der Waals surface area contributed by atoms with E-state index in [1.165, 1.54) is 14.2 Å². The quantitative estimate of drug-likeness (QED) is 0.300. The molecule has 0 spiro atoms. The first-order chi connectivity index (χ1) is 27.0. The summed E-state index contributed by atoms with van der Waals surface area (Å²) in [5.41, 5.74) is 4.55. The molecular formula is C40H50N10O6. The fourth-order valence-electron chi connectivity index (χ4n) is 8.10. The Morgan fingerprint density at radius 2 is 1.39 bits per heavy atom. The minimum Gasteiger partial charge on any atom is -0.453 e. The van der Waals surface area contributed by atoms with Crippen molar-refractivity contribution in [2.75, 3.05) is 33.9 Å². The summed E-state index contributed by atoms with van der Waals surface area (Å²) in [6.07, 6.45) is 7.54. The molecule has 4 amide bonds. The fourth-order valence-corrected chi connectivity index (χ4v) is 8.10. The largest absolute Gasteiger partial charge is 0.453 e. The van der Waals surface area contributed by atoms with Crippen LogP contribution in [0.25, 0.3) is 11.4 Å². The lowest BCUT2D eigenvalue weighted by molar-refractivity contribution is -0.135. The molecule has 4 N–H and O–H groups in total. The molecule has 0 radical (unpaired) electrons. The number of nitrogens with zero attached hydrogens (tertiary/aromatic N) is 6. The Balaban J connectivity index is 1.04. The first-order valence-electron chi connectivity index (χ1n) is 19.3. The van der Waals surface area contributed by atoms with Gasteiger partial charge in [0.05, 0.1) is 56.5 Å². The number of ether oxygens (including phenoxy) is 2. The summed E-state index contributed by atoms with van der Waals surface area (Å²) in [6, 6.07) is 6.08.